The Kier molecular flexibility index (Phi) is 4.15. The fourth-order valence-corrected chi connectivity index (χ4v) is 2.03. The quantitative estimate of drug-likeness (QED) is 0.845. The van der Waals surface area contributed by atoms with E-state index < -0.39 is 6.10 Å². The summed E-state index contributed by atoms with van der Waals surface area (Å²) in [7, 11) is 0. The molecule has 1 atom stereocenters. The summed E-state index contributed by atoms with van der Waals surface area (Å²) in [4.78, 5) is 0. The third-order valence-electron chi connectivity index (χ3n) is 3.11. The van der Waals surface area contributed by atoms with E-state index in [-0.39, 0.29) is 0 Å². The molecule has 1 aromatic carbocycles. The molecule has 2 aromatic rings. The van der Waals surface area contributed by atoms with Crippen LogP contribution in [0.15, 0.2) is 36.5 Å². The largest absolute Gasteiger partial charge is 0.388 e. The van der Waals surface area contributed by atoms with Crippen LogP contribution in [0, 0.1) is 5.92 Å². The van der Waals surface area contributed by atoms with Crippen molar-refractivity contribution in [2.75, 3.05) is 0 Å². The number of hydrogen-bond acceptors (Lipinski definition) is 2. The van der Waals surface area contributed by atoms with E-state index in [0.29, 0.717) is 5.92 Å². The van der Waals surface area contributed by atoms with Gasteiger partial charge in [-0.2, -0.15) is 5.10 Å². The van der Waals surface area contributed by atoms with Crippen LogP contribution in [-0.4, -0.2) is 15.3 Å². The summed E-state index contributed by atoms with van der Waals surface area (Å²) in [5.74, 6) is 0.603. The Balaban J connectivity index is 2.17. The summed E-state index contributed by atoms with van der Waals surface area (Å²) >= 11 is 0. The fraction of sp³-hybridized carbons (Fsp3) is 0.400. The molecule has 0 amide bonds. The highest BCUT2D eigenvalue weighted by molar-refractivity contribution is 5.62. The molecule has 0 fully saturated rings. The number of aromatic amines is 1. The van der Waals surface area contributed by atoms with Crippen LogP contribution in [0.2, 0.25) is 0 Å². The van der Waals surface area contributed by atoms with Crippen molar-refractivity contribution >= 4 is 0 Å². The van der Waals surface area contributed by atoms with Gasteiger partial charge in [-0.1, -0.05) is 44.2 Å². The lowest BCUT2D eigenvalue weighted by molar-refractivity contribution is 0.160. The van der Waals surface area contributed by atoms with Crippen molar-refractivity contribution in [1.82, 2.24) is 10.2 Å². The number of aromatic nitrogens is 2. The van der Waals surface area contributed by atoms with Crippen molar-refractivity contribution in [3.05, 3.63) is 42.1 Å². The zero-order valence-corrected chi connectivity index (χ0v) is 10.9. The molecule has 3 heteroatoms. The van der Waals surface area contributed by atoms with Gasteiger partial charge in [-0.15, -0.1) is 0 Å². The van der Waals surface area contributed by atoms with E-state index in [9.17, 15) is 5.11 Å². The Morgan fingerprint density at radius 2 is 1.89 bits per heavy atom. The van der Waals surface area contributed by atoms with Gasteiger partial charge < -0.3 is 5.11 Å². The zero-order valence-electron chi connectivity index (χ0n) is 10.9. The highest BCUT2D eigenvalue weighted by Crippen LogP contribution is 2.29. The van der Waals surface area contributed by atoms with Gasteiger partial charge in [-0.25, -0.2) is 0 Å². The lowest BCUT2D eigenvalue weighted by Crippen LogP contribution is -2.00. The number of aliphatic hydroxyl groups excluding tert-OH is 1. The van der Waals surface area contributed by atoms with Gasteiger partial charge in [0.25, 0.3) is 0 Å². The van der Waals surface area contributed by atoms with Crippen LogP contribution < -0.4 is 0 Å². The van der Waals surface area contributed by atoms with Crippen LogP contribution in [0.25, 0.3) is 11.3 Å². The fourth-order valence-electron chi connectivity index (χ4n) is 2.03. The Bertz CT molecular complexity index is 476. The molecule has 96 valence electrons. The molecule has 0 saturated heterocycles. The first kappa shape index (κ1) is 12.8. The van der Waals surface area contributed by atoms with Crippen LogP contribution in [-0.2, 0) is 0 Å². The zero-order chi connectivity index (χ0) is 13.0. The summed E-state index contributed by atoms with van der Waals surface area (Å²) < 4.78 is 0. The molecule has 0 aliphatic rings. The van der Waals surface area contributed by atoms with Gasteiger partial charge in [0.15, 0.2) is 0 Å². The smallest absolute Gasteiger partial charge is 0.0826 e. The maximum absolute atomic E-state index is 10.2. The molecule has 2 N–H and O–H groups in total. The topological polar surface area (TPSA) is 48.9 Å². The highest BCUT2D eigenvalue weighted by Gasteiger charge is 2.15. The SMILES string of the molecule is CC(C)CCC(O)c1cn[nH]c1-c1ccccc1. The van der Waals surface area contributed by atoms with Gasteiger partial charge in [0.1, 0.15) is 0 Å². The van der Waals surface area contributed by atoms with E-state index in [2.05, 4.69) is 24.0 Å². The molecule has 0 spiro atoms. The van der Waals surface area contributed by atoms with E-state index in [1.165, 1.54) is 0 Å². The first-order valence-electron chi connectivity index (χ1n) is 6.45. The highest BCUT2D eigenvalue weighted by atomic mass is 16.3. The Morgan fingerprint density at radius 3 is 2.56 bits per heavy atom. The van der Waals surface area contributed by atoms with Crippen molar-refractivity contribution in [2.24, 2.45) is 5.92 Å². The summed E-state index contributed by atoms with van der Waals surface area (Å²) in [6.45, 7) is 4.33. The number of rotatable bonds is 5. The van der Waals surface area contributed by atoms with Crippen LogP contribution >= 0.6 is 0 Å². The van der Waals surface area contributed by atoms with Gasteiger partial charge in [-0.3, -0.25) is 5.10 Å². The maximum atomic E-state index is 10.2. The molecular weight excluding hydrogens is 224 g/mol. The van der Waals surface area contributed by atoms with E-state index in [1.54, 1.807) is 6.20 Å². The average molecular weight is 244 g/mol. The molecule has 3 nitrogen and oxygen atoms in total. The van der Waals surface area contributed by atoms with Crippen molar-refractivity contribution in [3.8, 4) is 11.3 Å². The van der Waals surface area contributed by atoms with Crippen molar-refractivity contribution in [1.29, 1.82) is 0 Å². The van der Waals surface area contributed by atoms with E-state index in [1.807, 2.05) is 30.3 Å². The molecule has 1 aromatic heterocycles. The lowest BCUT2D eigenvalue weighted by atomic mass is 9.98. The Labute approximate surface area is 108 Å². The molecule has 0 aliphatic heterocycles. The van der Waals surface area contributed by atoms with Crippen molar-refractivity contribution in [2.45, 2.75) is 32.8 Å². The first-order valence-corrected chi connectivity index (χ1v) is 6.45. The van der Waals surface area contributed by atoms with Gasteiger partial charge >= 0.3 is 0 Å². The molecular formula is C15H20N2O. The van der Waals surface area contributed by atoms with Gasteiger partial charge in [-0.05, 0) is 24.3 Å². The average Bonchev–Trinajstić information content (AvgIpc) is 2.86. The molecule has 0 radical (unpaired) electrons. The lowest BCUT2D eigenvalue weighted by Gasteiger charge is -2.12. The summed E-state index contributed by atoms with van der Waals surface area (Å²) in [6, 6.07) is 9.99. The number of hydrogen-bond donors (Lipinski definition) is 2. The van der Waals surface area contributed by atoms with Gasteiger partial charge in [0.05, 0.1) is 18.0 Å². The number of benzene rings is 1. The van der Waals surface area contributed by atoms with Crippen LogP contribution in [0.1, 0.15) is 38.4 Å². The minimum absolute atomic E-state index is 0.443. The second-order valence-electron chi connectivity index (χ2n) is 5.05. The molecule has 1 heterocycles. The second kappa shape index (κ2) is 5.83. The molecule has 0 aliphatic carbocycles. The number of nitrogens with one attached hydrogen (secondary N) is 1. The molecule has 0 bridgehead atoms. The minimum Gasteiger partial charge on any atom is -0.388 e. The standard InChI is InChI=1S/C15H20N2O/c1-11(2)8-9-14(18)13-10-16-17-15(13)12-6-4-3-5-7-12/h3-7,10-11,14,18H,8-9H2,1-2H3,(H,16,17). The normalized spacial score (nSPS) is 12.9. The van der Waals surface area contributed by atoms with Crippen LogP contribution in [0.4, 0.5) is 0 Å². The molecule has 0 saturated carbocycles. The number of aliphatic hydroxyl groups is 1. The van der Waals surface area contributed by atoms with Crippen LogP contribution in [0.5, 0.6) is 0 Å². The van der Waals surface area contributed by atoms with Crippen LogP contribution in [0.3, 0.4) is 0 Å². The second-order valence-corrected chi connectivity index (χ2v) is 5.05. The van der Waals surface area contributed by atoms with Crippen molar-refractivity contribution in [3.63, 3.8) is 0 Å². The van der Waals surface area contributed by atoms with Gasteiger partial charge in [0.2, 0.25) is 0 Å². The Morgan fingerprint density at radius 1 is 1.17 bits per heavy atom. The molecule has 2 rings (SSSR count). The minimum atomic E-state index is -0.443. The molecule has 1 unspecified atom stereocenters. The third kappa shape index (κ3) is 2.99. The Hall–Kier alpha value is -1.61. The maximum Gasteiger partial charge on any atom is 0.0826 e. The van der Waals surface area contributed by atoms with E-state index in [0.717, 1.165) is 29.7 Å². The monoisotopic (exact) mass is 244 g/mol. The van der Waals surface area contributed by atoms with Gasteiger partial charge in [0, 0.05) is 5.56 Å². The third-order valence-corrected chi connectivity index (χ3v) is 3.11. The first-order chi connectivity index (χ1) is 8.68. The van der Waals surface area contributed by atoms with E-state index in [4.69, 9.17) is 0 Å². The molecule has 18 heavy (non-hydrogen) atoms. The number of nitrogens with zero attached hydrogens (tertiary/aromatic N) is 1. The van der Waals surface area contributed by atoms with E-state index >= 15 is 0 Å². The summed E-state index contributed by atoms with van der Waals surface area (Å²) in [6.07, 6.45) is 3.08. The summed E-state index contributed by atoms with van der Waals surface area (Å²) in [5, 5.41) is 17.3. The predicted molar refractivity (Wildman–Crippen MR) is 73.1 cm³/mol. The summed E-state index contributed by atoms with van der Waals surface area (Å²) in [5.41, 5.74) is 2.88. The predicted octanol–water partition coefficient (Wildman–Crippen LogP) is 3.55. The number of H-pyrrole nitrogens is 1. The van der Waals surface area contributed by atoms with Crippen molar-refractivity contribution < 1.29 is 5.11 Å².